The van der Waals surface area contributed by atoms with Crippen LogP contribution in [0.1, 0.15) is 25.2 Å². The second-order valence-corrected chi connectivity index (χ2v) is 7.19. The van der Waals surface area contributed by atoms with E-state index in [1.165, 1.54) is 9.13 Å². The number of fused-ring (bicyclic) bond motifs is 2. The van der Waals surface area contributed by atoms with E-state index in [1.807, 2.05) is 31.2 Å². The van der Waals surface area contributed by atoms with Crippen LogP contribution in [0.5, 0.6) is 11.5 Å². The molecular formula is C19H19BrN4O4. The van der Waals surface area contributed by atoms with E-state index >= 15 is 0 Å². The Balaban J connectivity index is 1.86. The lowest BCUT2D eigenvalue weighted by Gasteiger charge is -2.08. The molecule has 1 aliphatic rings. The summed E-state index contributed by atoms with van der Waals surface area (Å²) in [7, 11) is 1.77. The molecule has 146 valence electrons. The molecule has 3 aromatic rings. The van der Waals surface area contributed by atoms with Gasteiger partial charge in [-0.05, 0) is 37.6 Å². The number of benzene rings is 1. The third kappa shape index (κ3) is 2.77. The molecule has 28 heavy (non-hydrogen) atoms. The van der Waals surface area contributed by atoms with Crippen LogP contribution in [0.25, 0.3) is 23.3 Å². The van der Waals surface area contributed by atoms with Crippen LogP contribution in [0.2, 0.25) is 0 Å². The van der Waals surface area contributed by atoms with Gasteiger partial charge < -0.3 is 14.0 Å². The van der Waals surface area contributed by atoms with E-state index in [0.29, 0.717) is 41.6 Å². The van der Waals surface area contributed by atoms with Gasteiger partial charge in [0.15, 0.2) is 22.7 Å². The van der Waals surface area contributed by atoms with E-state index in [-0.39, 0.29) is 18.0 Å². The summed E-state index contributed by atoms with van der Waals surface area (Å²) in [6, 6.07) is 3.73. The van der Waals surface area contributed by atoms with Crippen LogP contribution in [0, 0.1) is 0 Å². The molecule has 3 heterocycles. The van der Waals surface area contributed by atoms with E-state index < -0.39 is 0 Å². The van der Waals surface area contributed by atoms with E-state index in [2.05, 4.69) is 20.9 Å². The zero-order valence-electron chi connectivity index (χ0n) is 15.7. The Bertz CT molecular complexity index is 1240. The highest BCUT2D eigenvalue weighted by atomic mass is 79.9. The summed E-state index contributed by atoms with van der Waals surface area (Å²) in [4.78, 5) is 29.9. The first-order valence-corrected chi connectivity index (χ1v) is 9.72. The molecule has 8 nitrogen and oxygen atoms in total. The number of nitrogens with zero attached hydrogens (tertiary/aromatic N) is 4. The van der Waals surface area contributed by atoms with Crippen LogP contribution in [0.4, 0.5) is 0 Å². The topological polar surface area (TPSA) is 80.3 Å². The maximum atomic E-state index is 12.8. The van der Waals surface area contributed by atoms with Gasteiger partial charge in [0.1, 0.15) is 5.82 Å². The molecule has 0 spiro atoms. The number of halogens is 1. The third-order valence-corrected chi connectivity index (χ3v) is 5.50. The maximum absolute atomic E-state index is 12.8. The Labute approximate surface area is 168 Å². The Kier molecular flexibility index (Phi) is 4.62. The first kappa shape index (κ1) is 18.5. The molecule has 0 saturated carbocycles. The minimum atomic E-state index is -0.338. The summed E-state index contributed by atoms with van der Waals surface area (Å²) in [5, 5.41) is 0. The molecule has 0 N–H and O–H groups in total. The second-order valence-electron chi connectivity index (χ2n) is 6.34. The van der Waals surface area contributed by atoms with Crippen LogP contribution in [0.3, 0.4) is 0 Å². The molecule has 2 aromatic heterocycles. The zero-order valence-corrected chi connectivity index (χ0v) is 17.3. The van der Waals surface area contributed by atoms with Crippen molar-refractivity contribution >= 4 is 39.2 Å². The van der Waals surface area contributed by atoms with Crippen LogP contribution in [-0.4, -0.2) is 25.5 Å². The molecule has 0 unspecified atom stereocenters. The Morgan fingerprint density at radius 1 is 1.11 bits per heavy atom. The largest absolute Gasteiger partial charge is 0.454 e. The Morgan fingerprint density at radius 2 is 1.79 bits per heavy atom. The second kappa shape index (κ2) is 6.97. The summed E-state index contributed by atoms with van der Waals surface area (Å²) in [6.45, 7) is 4.59. The van der Waals surface area contributed by atoms with Gasteiger partial charge in [-0.2, -0.15) is 0 Å². The average Bonchev–Trinajstić information content (AvgIpc) is 3.24. The minimum Gasteiger partial charge on any atom is -0.454 e. The SMILES string of the molecule is CCn1c(=O)c2c(nc(/C=C/c3cc4c(cc3Br)OCO4)n2C)n(CC)c1=O. The first-order chi connectivity index (χ1) is 13.5. The average molecular weight is 447 g/mol. The predicted molar refractivity (Wildman–Crippen MR) is 110 cm³/mol. The number of aryl methyl sites for hydroxylation is 2. The van der Waals surface area contributed by atoms with Crippen molar-refractivity contribution in [1.82, 2.24) is 18.7 Å². The Morgan fingerprint density at radius 3 is 2.46 bits per heavy atom. The lowest BCUT2D eigenvalue weighted by molar-refractivity contribution is 0.174. The Hall–Kier alpha value is -2.81. The van der Waals surface area contributed by atoms with Gasteiger partial charge in [0.05, 0.1) is 0 Å². The number of aromatic nitrogens is 4. The van der Waals surface area contributed by atoms with Crippen molar-refractivity contribution in [3.05, 3.63) is 48.8 Å². The zero-order chi connectivity index (χ0) is 20.0. The number of imidazole rings is 1. The van der Waals surface area contributed by atoms with Crippen molar-refractivity contribution < 1.29 is 9.47 Å². The molecule has 1 aliphatic heterocycles. The van der Waals surface area contributed by atoms with Crippen molar-refractivity contribution in [2.45, 2.75) is 26.9 Å². The highest BCUT2D eigenvalue weighted by Gasteiger charge is 2.18. The van der Waals surface area contributed by atoms with Gasteiger partial charge in [-0.15, -0.1) is 0 Å². The quantitative estimate of drug-likeness (QED) is 0.615. The number of hydrogen-bond donors (Lipinski definition) is 0. The molecule has 0 radical (unpaired) electrons. The third-order valence-electron chi connectivity index (χ3n) is 4.81. The fourth-order valence-electron chi connectivity index (χ4n) is 3.32. The fraction of sp³-hybridized carbons (Fsp3) is 0.316. The molecule has 0 atom stereocenters. The van der Waals surface area contributed by atoms with Crippen LogP contribution in [0.15, 0.2) is 26.2 Å². The van der Waals surface area contributed by atoms with E-state index in [0.717, 1.165) is 10.0 Å². The van der Waals surface area contributed by atoms with Gasteiger partial charge in [-0.3, -0.25) is 13.9 Å². The number of rotatable bonds is 4. The summed E-state index contributed by atoms with van der Waals surface area (Å²) in [5.41, 5.74) is 1.03. The molecule has 0 bridgehead atoms. The fourth-order valence-corrected chi connectivity index (χ4v) is 3.77. The summed E-state index contributed by atoms with van der Waals surface area (Å²) in [6.07, 6.45) is 3.68. The van der Waals surface area contributed by atoms with Gasteiger partial charge >= 0.3 is 5.69 Å². The van der Waals surface area contributed by atoms with Crippen molar-refractivity contribution in [2.24, 2.45) is 7.05 Å². The predicted octanol–water partition coefficient (Wildman–Crippen LogP) is 2.60. The molecular weight excluding hydrogens is 428 g/mol. The van der Waals surface area contributed by atoms with Crippen LogP contribution >= 0.6 is 15.9 Å². The monoisotopic (exact) mass is 446 g/mol. The number of ether oxygens (including phenoxy) is 2. The molecule has 0 fully saturated rings. The molecule has 0 amide bonds. The lowest BCUT2D eigenvalue weighted by Crippen LogP contribution is -2.39. The normalized spacial score (nSPS) is 13.1. The van der Waals surface area contributed by atoms with E-state index in [9.17, 15) is 9.59 Å². The van der Waals surface area contributed by atoms with Gasteiger partial charge in [-0.25, -0.2) is 9.78 Å². The molecule has 0 aliphatic carbocycles. The molecule has 1 aromatic carbocycles. The van der Waals surface area contributed by atoms with Gasteiger partial charge in [0.2, 0.25) is 6.79 Å². The maximum Gasteiger partial charge on any atom is 0.332 e. The highest BCUT2D eigenvalue weighted by Crippen LogP contribution is 2.37. The smallest absolute Gasteiger partial charge is 0.332 e. The molecule has 0 saturated heterocycles. The molecule has 9 heteroatoms. The van der Waals surface area contributed by atoms with Gasteiger partial charge in [-0.1, -0.05) is 22.0 Å². The summed E-state index contributed by atoms with van der Waals surface area (Å²) < 4.78 is 16.1. The van der Waals surface area contributed by atoms with Crippen molar-refractivity contribution in [1.29, 1.82) is 0 Å². The minimum absolute atomic E-state index is 0.206. The highest BCUT2D eigenvalue weighted by molar-refractivity contribution is 9.10. The first-order valence-electron chi connectivity index (χ1n) is 8.93. The van der Waals surface area contributed by atoms with E-state index in [1.54, 1.807) is 18.5 Å². The van der Waals surface area contributed by atoms with Gasteiger partial charge in [0.25, 0.3) is 5.56 Å². The van der Waals surface area contributed by atoms with Gasteiger partial charge in [0, 0.05) is 24.6 Å². The lowest BCUT2D eigenvalue weighted by atomic mass is 10.2. The van der Waals surface area contributed by atoms with Crippen molar-refractivity contribution in [2.75, 3.05) is 6.79 Å². The van der Waals surface area contributed by atoms with Crippen molar-refractivity contribution in [3.63, 3.8) is 0 Å². The number of hydrogen-bond acceptors (Lipinski definition) is 5. The van der Waals surface area contributed by atoms with E-state index in [4.69, 9.17) is 9.47 Å². The van der Waals surface area contributed by atoms with Crippen LogP contribution in [-0.2, 0) is 20.1 Å². The van der Waals surface area contributed by atoms with Crippen LogP contribution < -0.4 is 20.7 Å². The standard InChI is InChI=1S/C19H19BrN4O4/c1-4-23-17-16(18(25)24(5-2)19(23)26)22(3)15(21-17)7-6-11-8-13-14(9-12(11)20)28-10-27-13/h6-9H,4-5,10H2,1-3H3/b7-6+. The summed E-state index contributed by atoms with van der Waals surface area (Å²) in [5.74, 6) is 1.95. The molecule has 4 rings (SSSR count). The summed E-state index contributed by atoms with van der Waals surface area (Å²) >= 11 is 3.53. The van der Waals surface area contributed by atoms with Crippen molar-refractivity contribution in [3.8, 4) is 11.5 Å².